The number of carbonyl (C=O) groups is 1. The molecule has 18 nitrogen and oxygen atoms in total. The van der Waals surface area contributed by atoms with Crippen molar-refractivity contribution in [3.8, 4) is 5.75 Å². The molecule has 100 heavy (non-hydrogen) atoms. The summed E-state index contributed by atoms with van der Waals surface area (Å²) in [5.41, 5.74) is 7.32. The largest absolute Gasteiger partial charge is 0.465 e. The van der Waals surface area contributed by atoms with Crippen LogP contribution in [-0.2, 0) is 119 Å². The molecule has 0 unspecified atom stereocenters. The second-order valence-corrected chi connectivity index (χ2v) is 24.7. The van der Waals surface area contributed by atoms with Crippen LogP contribution in [0.3, 0.4) is 0 Å². The zero-order chi connectivity index (χ0) is 68.5. The number of esters is 1. The van der Waals surface area contributed by atoms with Crippen molar-refractivity contribution in [2.24, 2.45) is 0 Å². The van der Waals surface area contributed by atoms with Gasteiger partial charge in [0.25, 0.3) is 0 Å². The molecule has 0 radical (unpaired) electrons. The van der Waals surface area contributed by atoms with Gasteiger partial charge in [-0.15, -0.1) is 0 Å². The number of aliphatic hydroxyl groups excluding tert-OH is 2. The Hall–Kier alpha value is -8.35. The van der Waals surface area contributed by atoms with Gasteiger partial charge in [0.2, 0.25) is 6.29 Å². The van der Waals surface area contributed by atoms with Crippen LogP contribution in [0.25, 0.3) is 0 Å². The van der Waals surface area contributed by atoms with E-state index in [1.165, 1.54) is 7.11 Å². The summed E-state index contributed by atoms with van der Waals surface area (Å²) < 4.78 is 102. The highest BCUT2D eigenvalue weighted by Gasteiger charge is 2.56. The third-order valence-electron chi connectivity index (χ3n) is 17.6. The van der Waals surface area contributed by atoms with Gasteiger partial charge in [0.1, 0.15) is 79.0 Å². The summed E-state index contributed by atoms with van der Waals surface area (Å²) in [5.74, 6) is -0.254. The predicted octanol–water partition coefficient (Wildman–Crippen LogP) is 12.1. The van der Waals surface area contributed by atoms with Crippen LogP contribution < -0.4 is 4.74 Å². The number of rotatable bonds is 34. The van der Waals surface area contributed by atoms with E-state index in [-0.39, 0.29) is 84.0 Å². The van der Waals surface area contributed by atoms with Crippen LogP contribution in [0.4, 0.5) is 0 Å². The Labute approximate surface area is 584 Å². The lowest BCUT2D eigenvalue weighted by atomic mass is 9.95. The lowest BCUT2D eigenvalue weighted by Crippen LogP contribution is -2.67. The third kappa shape index (κ3) is 20.2. The first-order chi connectivity index (χ1) is 49.3. The fourth-order valence-corrected chi connectivity index (χ4v) is 12.3. The Bertz CT molecular complexity index is 3760. The van der Waals surface area contributed by atoms with Crippen molar-refractivity contribution in [3.05, 3.63) is 317 Å². The first kappa shape index (κ1) is 71.5. The molecule has 3 aliphatic rings. The third-order valence-corrected chi connectivity index (χ3v) is 17.6. The second-order valence-electron chi connectivity index (χ2n) is 24.7. The molecular formula is C82H86O18. The molecule has 9 aromatic rings. The number of carbonyl (C=O) groups excluding carboxylic acids is 1. The zero-order valence-electron chi connectivity index (χ0n) is 55.8. The number of benzene rings is 9. The van der Waals surface area contributed by atoms with Crippen LogP contribution in [-0.4, -0.2) is 135 Å². The Kier molecular flexibility index (Phi) is 26.7. The summed E-state index contributed by atoms with van der Waals surface area (Å²) in [4.78, 5) is 12.8. The molecule has 0 aromatic heterocycles. The molecule has 522 valence electrons. The molecule has 18 heteroatoms. The van der Waals surface area contributed by atoms with Gasteiger partial charge in [-0.05, 0) is 68.8 Å². The van der Waals surface area contributed by atoms with Gasteiger partial charge in [0.15, 0.2) is 12.6 Å². The highest BCUT2D eigenvalue weighted by atomic mass is 16.8. The van der Waals surface area contributed by atoms with Crippen LogP contribution in [0.15, 0.2) is 267 Å². The van der Waals surface area contributed by atoms with E-state index in [1.54, 1.807) is 24.3 Å². The summed E-state index contributed by atoms with van der Waals surface area (Å²) in [6, 6.07) is 84.1. The average Bonchev–Trinajstić information content (AvgIpc) is 0.772. The Morgan fingerprint density at radius 3 is 0.960 bits per heavy atom. The molecule has 0 amide bonds. The van der Waals surface area contributed by atoms with Crippen LogP contribution in [0.1, 0.15) is 54.9 Å². The van der Waals surface area contributed by atoms with Crippen molar-refractivity contribution in [1.82, 2.24) is 0 Å². The summed E-state index contributed by atoms with van der Waals surface area (Å²) in [5, 5.41) is 26.1. The SMILES string of the molecule is COC(=O)c1ccc(O[C@H]2O[C@H](CO[C@H]3O[C@H](COCc4ccccc4)[C@@H](OCc4ccccc4)[C@H](OCc4ccccc4)[C@@H]3O)[C@@H](OCc3ccccc3)[C@H](O[C@H]3O[C@H](COCc4ccccc4)[C@@H](OCc4ccccc4)[C@H](OCc4ccccc4)[C@@H]3O)[C@@H]2OCc2ccccc2)cc1. The highest BCUT2D eigenvalue weighted by Crippen LogP contribution is 2.38. The Morgan fingerprint density at radius 1 is 0.310 bits per heavy atom. The monoisotopic (exact) mass is 1360 g/mol. The fourth-order valence-electron chi connectivity index (χ4n) is 12.3. The molecular weight excluding hydrogens is 1270 g/mol. The van der Waals surface area contributed by atoms with Gasteiger partial charge in [0, 0.05) is 0 Å². The van der Waals surface area contributed by atoms with Crippen molar-refractivity contribution in [2.75, 3.05) is 26.9 Å². The second kappa shape index (κ2) is 37.4. The molecule has 2 N–H and O–H groups in total. The van der Waals surface area contributed by atoms with E-state index in [1.807, 2.05) is 243 Å². The van der Waals surface area contributed by atoms with Crippen LogP contribution in [0, 0.1) is 0 Å². The van der Waals surface area contributed by atoms with Gasteiger partial charge < -0.3 is 81.3 Å². The Balaban J connectivity index is 0.924. The van der Waals surface area contributed by atoms with E-state index in [0.29, 0.717) is 0 Å². The van der Waals surface area contributed by atoms with Gasteiger partial charge >= 0.3 is 5.97 Å². The van der Waals surface area contributed by atoms with E-state index >= 15 is 0 Å². The van der Waals surface area contributed by atoms with Gasteiger partial charge in [-0.2, -0.15) is 0 Å². The number of aliphatic hydroxyl groups is 2. The van der Waals surface area contributed by atoms with E-state index in [4.69, 9.17) is 71.1 Å². The van der Waals surface area contributed by atoms with E-state index in [0.717, 1.165) is 44.5 Å². The molecule has 9 aromatic carbocycles. The minimum atomic E-state index is -1.54. The quantitative estimate of drug-likeness (QED) is 0.0361. The standard InChI is InChI=1S/C82H86O18/c1-86-79(85)65-42-44-66(45-43-65)96-82-78(94-53-64-40-24-9-25-41-64)77(100-81-71(84)76(93-52-63-38-22-8-23-39-63)73(90-49-60-32-16-5-17-33-60)68(98-81)55-88-47-58-28-12-3-13-29-58)74(91-50-61-34-18-6-19-35-61)69(99-82)56-95-80-70(83)75(92-51-62-36-20-7-21-37-62)72(89-48-59-30-14-4-15-31-59)67(97-80)54-87-46-57-26-10-2-11-27-57/h2-45,67-78,80-84H,46-56H2,1H3/t67-,68-,69-,70+,71+,72-,73-,74-,75-,76-,77+,78+,80+,81-,82+/m1/s1. The summed E-state index contributed by atoms with van der Waals surface area (Å²) in [7, 11) is 1.31. The molecule has 0 bridgehead atoms. The minimum absolute atomic E-state index is 0.0121. The number of hydrogen-bond acceptors (Lipinski definition) is 18. The van der Waals surface area contributed by atoms with Crippen LogP contribution >= 0.6 is 0 Å². The molecule has 3 aliphatic heterocycles. The maximum atomic E-state index is 13.2. The van der Waals surface area contributed by atoms with Crippen molar-refractivity contribution >= 4 is 5.97 Å². The van der Waals surface area contributed by atoms with Gasteiger partial charge in [0.05, 0.1) is 85.3 Å². The van der Waals surface area contributed by atoms with Crippen molar-refractivity contribution in [2.45, 2.75) is 145 Å². The van der Waals surface area contributed by atoms with Gasteiger partial charge in [-0.1, -0.05) is 243 Å². The number of ether oxygens (including phenoxy) is 15. The average molecular weight is 1360 g/mol. The molecule has 3 fully saturated rings. The molecule has 0 spiro atoms. The van der Waals surface area contributed by atoms with Gasteiger partial charge in [-0.3, -0.25) is 0 Å². The van der Waals surface area contributed by atoms with Gasteiger partial charge in [-0.25, -0.2) is 4.79 Å². The maximum absolute atomic E-state index is 13.2. The molecule has 15 atom stereocenters. The molecule has 3 heterocycles. The molecule has 12 rings (SSSR count). The topological polar surface area (TPSA) is 196 Å². The lowest BCUT2D eigenvalue weighted by Gasteiger charge is -2.50. The zero-order valence-corrected chi connectivity index (χ0v) is 55.8. The highest BCUT2D eigenvalue weighted by molar-refractivity contribution is 5.89. The fraction of sp³-hybridized carbons (Fsp3) is 0.329. The molecule has 0 aliphatic carbocycles. The Morgan fingerprint density at radius 2 is 0.600 bits per heavy atom. The van der Waals surface area contributed by atoms with E-state index in [9.17, 15) is 15.0 Å². The smallest absolute Gasteiger partial charge is 0.337 e. The number of methoxy groups -OCH3 is 1. The van der Waals surface area contributed by atoms with Crippen molar-refractivity contribution in [3.63, 3.8) is 0 Å². The normalized spacial score (nSPS) is 25.2. The summed E-state index contributed by atoms with van der Waals surface area (Å²) in [6.07, 6.45) is -17.8. The summed E-state index contributed by atoms with van der Waals surface area (Å²) in [6.45, 7) is 0.766. The van der Waals surface area contributed by atoms with Crippen molar-refractivity contribution < 1.29 is 86.1 Å². The molecule has 0 saturated carbocycles. The predicted molar refractivity (Wildman–Crippen MR) is 370 cm³/mol. The minimum Gasteiger partial charge on any atom is -0.465 e. The van der Waals surface area contributed by atoms with Crippen molar-refractivity contribution in [1.29, 1.82) is 0 Å². The van der Waals surface area contributed by atoms with Crippen LogP contribution in [0.5, 0.6) is 5.75 Å². The first-order valence-corrected chi connectivity index (χ1v) is 33.9. The first-order valence-electron chi connectivity index (χ1n) is 33.9. The maximum Gasteiger partial charge on any atom is 0.337 e. The van der Waals surface area contributed by atoms with E-state index < -0.39 is 98.1 Å². The number of hydrogen-bond donors (Lipinski definition) is 2. The van der Waals surface area contributed by atoms with E-state index in [2.05, 4.69) is 0 Å². The molecule has 3 saturated heterocycles. The van der Waals surface area contributed by atoms with Crippen LogP contribution in [0.2, 0.25) is 0 Å². The lowest BCUT2D eigenvalue weighted by molar-refractivity contribution is -0.373. The summed E-state index contributed by atoms with van der Waals surface area (Å²) >= 11 is 0.